The van der Waals surface area contributed by atoms with Gasteiger partial charge in [-0.25, -0.2) is 17.8 Å². The van der Waals surface area contributed by atoms with Crippen molar-refractivity contribution in [3.63, 3.8) is 0 Å². The van der Waals surface area contributed by atoms with Gasteiger partial charge in [0.25, 0.3) is 0 Å². The van der Waals surface area contributed by atoms with E-state index in [4.69, 9.17) is 14.7 Å². The minimum Gasteiger partial charge on any atom is -0.494 e. The number of rotatable bonds is 5. The zero-order valence-electron chi connectivity index (χ0n) is 13.9. The predicted octanol–water partition coefficient (Wildman–Crippen LogP) is 1.94. The predicted molar refractivity (Wildman–Crippen MR) is 89.7 cm³/mol. The molecule has 26 heavy (non-hydrogen) atoms. The highest BCUT2D eigenvalue weighted by atomic mass is 32.2. The largest absolute Gasteiger partial charge is 0.494 e. The molecule has 3 rings (SSSR count). The Labute approximate surface area is 150 Å². The van der Waals surface area contributed by atoms with Crippen LogP contribution in [0.4, 0.5) is 4.39 Å². The van der Waals surface area contributed by atoms with E-state index in [9.17, 15) is 12.8 Å². The average Bonchev–Trinajstić information content (AvgIpc) is 3.11. The molecule has 136 valence electrons. The standard InChI is InChI=1S/C17H16FN3O4S/c1-24-16-3-2-14(9-15(16)18)26(22,23)21-7-5-13(11-21)25-17-8-12(10-19)4-6-20-17/h2-4,6,8-9,13H,5,7,11H2,1H3. The molecule has 1 aliphatic rings. The number of nitrogens with zero attached hydrogens (tertiary/aromatic N) is 3. The first-order valence-corrected chi connectivity index (χ1v) is 9.24. The Morgan fingerprint density at radius 3 is 2.85 bits per heavy atom. The van der Waals surface area contributed by atoms with Crippen molar-refractivity contribution in [1.29, 1.82) is 5.26 Å². The van der Waals surface area contributed by atoms with Gasteiger partial charge in [-0.1, -0.05) is 0 Å². The van der Waals surface area contributed by atoms with Gasteiger partial charge in [0, 0.05) is 18.8 Å². The van der Waals surface area contributed by atoms with Crippen LogP contribution in [0, 0.1) is 17.1 Å². The van der Waals surface area contributed by atoms with Crippen LogP contribution in [0.15, 0.2) is 41.4 Å². The highest BCUT2D eigenvalue weighted by Gasteiger charge is 2.34. The Morgan fingerprint density at radius 1 is 1.35 bits per heavy atom. The van der Waals surface area contributed by atoms with Crippen LogP contribution in [0.2, 0.25) is 0 Å². The third kappa shape index (κ3) is 3.61. The number of sulfonamides is 1. The van der Waals surface area contributed by atoms with E-state index in [0.717, 1.165) is 6.07 Å². The third-order valence-corrected chi connectivity index (χ3v) is 5.88. The Balaban J connectivity index is 1.73. The van der Waals surface area contributed by atoms with E-state index in [-0.39, 0.29) is 29.6 Å². The molecule has 9 heteroatoms. The van der Waals surface area contributed by atoms with Crippen molar-refractivity contribution in [2.75, 3.05) is 20.2 Å². The smallest absolute Gasteiger partial charge is 0.243 e. The summed E-state index contributed by atoms with van der Waals surface area (Å²) in [5, 5.41) is 8.90. The van der Waals surface area contributed by atoms with Crippen LogP contribution in [0.3, 0.4) is 0 Å². The van der Waals surface area contributed by atoms with Crippen molar-refractivity contribution in [3.05, 3.63) is 47.9 Å². The van der Waals surface area contributed by atoms with Crippen molar-refractivity contribution in [1.82, 2.24) is 9.29 Å². The van der Waals surface area contributed by atoms with Crippen molar-refractivity contribution >= 4 is 10.0 Å². The van der Waals surface area contributed by atoms with Crippen LogP contribution in [-0.4, -0.2) is 44.0 Å². The normalized spacial score (nSPS) is 17.7. The molecule has 1 unspecified atom stereocenters. The fourth-order valence-electron chi connectivity index (χ4n) is 2.68. The lowest BCUT2D eigenvalue weighted by Crippen LogP contribution is -2.31. The van der Waals surface area contributed by atoms with Crippen LogP contribution in [-0.2, 0) is 10.0 Å². The van der Waals surface area contributed by atoms with Crippen molar-refractivity contribution in [3.8, 4) is 17.7 Å². The van der Waals surface area contributed by atoms with Gasteiger partial charge in [-0.3, -0.25) is 0 Å². The molecule has 1 fully saturated rings. The van der Waals surface area contributed by atoms with E-state index < -0.39 is 21.9 Å². The Morgan fingerprint density at radius 2 is 2.15 bits per heavy atom. The van der Waals surface area contributed by atoms with Gasteiger partial charge in [0.15, 0.2) is 11.6 Å². The molecule has 0 N–H and O–H groups in total. The molecule has 1 aromatic carbocycles. The first-order valence-electron chi connectivity index (χ1n) is 7.80. The van der Waals surface area contributed by atoms with Gasteiger partial charge in [-0.05, 0) is 30.7 Å². The van der Waals surface area contributed by atoms with Crippen LogP contribution >= 0.6 is 0 Å². The SMILES string of the molecule is COc1ccc(S(=O)(=O)N2CCC(Oc3cc(C#N)ccn3)C2)cc1F. The summed E-state index contributed by atoms with van der Waals surface area (Å²) in [6, 6.07) is 8.57. The van der Waals surface area contributed by atoms with Crippen LogP contribution in [0.1, 0.15) is 12.0 Å². The summed E-state index contributed by atoms with van der Waals surface area (Å²) in [5.74, 6) is -0.489. The fourth-order valence-corrected chi connectivity index (χ4v) is 4.18. The molecule has 0 saturated carbocycles. The fraction of sp³-hybridized carbons (Fsp3) is 0.294. The number of halogens is 1. The topological polar surface area (TPSA) is 92.5 Å². The van der Waals surface area contributed by atoms with E-state index in [0.29, 0.717) is 12.0 Å². The maximum absolute atomic E-state index is 13.8. The number of hydrogen-bond acceptors (Lipinski definition) is 6. The molecule has 2 heterocycles. The minimum absolute atomic E-state index is 0.0185. The molecular formula is C17H16FN3O4S. The monoisotopic (exact) mass is 377 g/mol. The van der Waals surface area contributed by atoms with Crippen molar-refractivity contribution in [2.45, 2.75) is 17.4 Å². The third-order valence-electron chi connectivity index (χ3n) is 4.02. The molecule has 0 aliphatic carbocycles. The number of pyridine rings is 1. The second-order valence-corrected chi connectivity index (χ2v) is 7.62. The lowest BCUT2D eigenvalue weighted by molar-refractivity contribution is 0.207. The zero-order chi connectivity index (χ0) is 18.7. The summed E-state index contributed by atoms with van der Waals surface area (Å²) in [6.45, 7) is 0.368. The highest BCUT2D eigenvalue weighted by Crippen LogP contribution is 2.26. The second kappa shape index (κ2) is 7.27. The van der Waals surface area contributed by atoms with E-state index in [1.54, 1.807) is 6.07 Å². The number of ether oxygens (including phenoxy) is 2. The van der Waals surface area contributed by atoms with E-state index in [1.807, 2.05) is 6.07 Å². The van der Waals surface area contributed by atoms with E-state index >= 15 is 0 Å². The van der Waals surface area contributed by atoms with Gasteiger partial charge in [-0.15, -0.1) is 0 Å². The quantitative estimate of drug-likeness (QED) is 0.791. The molecule has 0 bridgehead atoms. The molecular weight excluding hydrogens is 361 g/mol. The minimum atomic E-state index is -3.84. The van der Waals surface area contributed by atoms with Crippen molar-refractivity contribution in [2.24, 2.45) is 0 Å². The summed E-state index contributed by atoms with van der Waals surface area (Å²) in [5.41, 5.74) is 0.409. The van der Waals surface area contributed by atoms with Gasteiger partial charge in [0.2, 0.25) is 15.9 Å². The number of methoxy groups -OCH3 is 1. The van der Waals surface area contributed by atoms with Crippen LogP contribution in [0.25, 0.3) is 0 Å². The van der Waals surface area contributed by atoms with Gasteiger partial charge in [-0.2, -0.15) is 9.57 Å². The van der Waals surface area contributed by atoms with Gasteiger partial charge in [0.05, 0.1) is 30.2 Å². The maximum atomic E-state index is 13.8. The lowest BCUT2D eigenvalue weighted by Gasteiger charge is -2.17. The molecule has 1 aliphatic heterocycles. The Hall–Kier alpha value is -2.70. The summed E-state index contributed by atoms with van der Waals surface area (Å²) in [7, 11) is -2.53. The van der Waals surface area contributed by atoms with Gasteiger partial charge in [0.1, 0.15) is 6.10 Å². The highest BCUT2D eigenvalue weighted by molar-refractivity contribution is 7.89. The molecule has 1 atom stereocenters. The van der Waals surface area contributed by atoms with Crippen LogP contribution in [0.5, 0.6) is 11.6 Å². The number of benzene rings is 1. The van der Waals surface area contributed by atoms with Crippen molar-refractivity contribution < 1.29 is 22.3 Å². The molecule has 7 nitrogen and oxygen atoms in total. The first kappa shape index (κ1) is 18.1. The van der Waals surface area contributed by atoms with Gasteiger partial charge < -0.3 is 9.47 Å². The number of hydrogen-bond donors (Lipinski definition) is 0. The molecule has 1 aromatic heterocycles. The van der Waals surface area contributed by atoms with E-state index in [2.05, 4.69) is 4.98 Å². The zero-order valence-corrected chi connectivity index (χ0v) is 14.7. The average molecular weight is 377 g/mol. The molecule has 0 radical (unpaired) electrons. The number of nitriles is 1. The first-order chi connectivity index (χ1) is 12.4. The van der Waals surface area contributed by atoms with Gasteiger partial charge >= 0.3 is 0 Å². The molecule has 1 saturated heterocycles. The number of aromatic nitrogens is 1. The Kier molecular flexibility index (Phi) is 5.06. The molecule has 0 spiro atoms. The molecule has 0 amide bonds. The van der Waals surface area contributed by atoms with E-state index in [1.165, 1.54) is 35.8 Å². The second-order valence-electron chi connectivity index (χ2n) is 5.68. The summed E-state index contributed by atoms with van der Waals surface area (Å²) in [6.07, 6.45) is 1.53. The van der Waals surface area contributed by atoms with Crippen LogP contribution < -0.4 is 9.47 Å². The maximum Gasteiger partial charge on any atom is 0.243 e. The summed E-state index contributed by atoms with van der Waals surface area (Å²) < 4.78 is 50.9. The lowest BCUT2D eigenvalue weighted by atomic mass is 10.3. The summed E-state index contributed by atoms with van der Waals surface area (Å²) >= 11 is 0. The Bertz CT molecular complexity index is 959. The summed E-state index contributed by atoms with van der Waals surface area (Å²) in [4.78, 5) is 3.88. The molecule has 2 aromatic rings.